The molecule has 0 spiro atoms. The maximum Gasteiger partial charge on any atom is 0.317 e. The third kappa shape index (κ3) is 1.11. The maximum absolute atomic E-state index is 11.3. The molecule has 3 heterocycles. The summed E-state index contributed by atoms with van der Waals surface area (Å²) in [5.74, 6) is -1.60. The van der Waals surface area contributed by atoms with Crippen molar-refractivity contribution < 1.29 is 51.8 Å². The Morgan fingerprint density at radius 2 is 2.14 bits per heavy atom. The van der Waals surface area contributed by atoms with Crippen LogP contribution in [0.5, 0.6) is 0 Å². The summed E-state index contributed by atoms with van der Waals surface area (Å²) in [6.07, 6.45) is 2.37. The van der Waals surface area contributed by atoms with Gasteiger partial charge in [-0.15, -0.1) is 0 Å². The van der Waals surface area contributed by atoms with Gasteiger partial charge in [0.15, 0.2) is 0 Å². The van der Waals surface area contributed by atoms with E-state index in [2.05, 4.69) is 4.74 Å². The normalized spacial score (nSPS) is 44.9. The Bertz CT molecular complexity index is 316. The molecule has 0 aromatic heterocycles. The van der Waals surface area contributed by atoms with Crippen LogP contribution in [-0.2, 0) is 51.8 Å². The summed E-state index contributed by atoms with van der Waals surface area (Å²) in [5.41, 5.74) is -0.469. The average molecular weight is 270 g/mol. The Balaban J connectivity index is 0.000000750. The van der Waals surface area contributed by atoms with E-state index in [9.17, 15) is 9.59 Å². The summed E-state index contributed by atoms with van der Waals surface area (Å²) in [5, 5.41) is 0. The molecule has 3 atom stereocenters. The first-order valence-electron chi connectivity index (χ1n) is 4.42. The van der Waals surface area contributed by atoms with Crippen LogP contribution < -0.4 is 0 Å². The van der Waals surface area contributed by atoms with Gasteiger partial charge in [-0.1, -0.05) is 6.42 Å². The number of rotatable bonds is 0. The van der Waals surface area contributed by atoms with Crippen molar-refractivity contribution in [2.24, 2.45) is 11.8 Å². The van der Waals surface area contributed by atoms with E-state index < -0.39 is 23.5 Å². The third-order valence-corrected chi connectivity index (χ3v) is 3.28. The van der Waals surface area contributed by atoms with Gasteiger partial charge in [0.2, 0.25) is 0 Å². The average Bonchev–Trinajstić information content (AvgIpc) is 2.62. The molecule has 3 rings (SSSR count). The van der Waals surface area contributed by atoms with Crippen molar-refractivity contribution in [1.82, 2.24) is 0 Å². The Hall–Kier alpha value is 0.204. The standard InChI is InChI=1S/C9H9O4.Y/c1-9-3-2-4(13-9)5-6(9)8(11)12-7(5)10;/h5-6H,2-3H2,1H3;/q-1;. The second-order valence-corrected chi connectivity index (χ2v) is 4.08. The Morgan fingerprint density at radius 1 is 1.43 bits per heavy atom. The monoisotopic (exact) mass is 270 g/mol. The van der Waals surface area contributed by atoms with Crippen molar-refractivity contribution in [2.75, 3.05) is 0 Å². The first kappa shape index (κ1) is 10.7. The first-order valence-corrected chi connectivity index (χ1v) is 4.42. The molecule has 3 aliphatic rings. The molecule has 3 fully saturated rings. The predicted octanol–water partition coefficient (Wildman–Crippen LogP) is 0.414. The molecular formula is C9H9O4Y-. The van der Waals surface area contributed by atoms with Crippen LogP contribution >= 0.6 is 0 Å². The van der Waals surface area contributed by atoms with Gasteiger partial charge in [-0.25, -0.2) is 0 Å². The van der Waals surface area contributed by atoms with Gasteiger partial charge in [0.25, 0.3) is 5.97 Å². The maximum atomic E-state index is 11.3. The van der Waals surface area contributed by atoms with E-state index >= 15 is 0 Å². The van der Waals surface area contributed by atoms with Crippen molar-refractivity contribution in [3.63, 3.8) is 0 Å². The minimum Gasteiger partial charge on any atom is -0.543 e. The number of carbonyl (C=O) groups is 2. The number of ether oxygens (including phenoxy) is 2. The van der Waals surface area contributed by atoms with Crippen LogP contribution in [0.3, 0.4) is 0 Å². The van der Waals surface area contributed by atoms with Crippen LogP contribution in [0.15, 0.2) is 0 Å². The van der Waals surface area contributed by atoms with Crippen LogP contribution in [0.4, 0.5) is 0 Å². The van der Waals surface area contributed by atoms with Gasteiger partial charge in [-0.05, 0) is 12.8 Å². The molecule has 0 saturated carbocycles. The minimum atomic E-state index is -0.469. The topological polar surface area (TPSA) is 52.6 Å². The van der Waals surface area contributed by atoms with Gasteiger partial charge in [0.05, 0.1) is 5.92 Å². The van der Waals surface area contributed by atoms with Gasteiger partial charge in [-0.3, -0.25) is 9.59 Å². The molecule has 14 heavy (non-hydrogen) atoms. The zero-order valence-electron chi connectivity index (χ0n) is 7.78. The fourth-order valence-electron chi connectivity index (χ4n) is 2.63. The number of esters is 2. The second-order valence-electron chi connectivity index (χ2n) is 4.08. The van der Waals surface area contributed by atoms with E-state index in [4.69, 9.17) is 4.74 Å². The molecule has 3 saturated heterocycles. The van der Waals surface area contributed by atoms with Crippen molar-refractivity contribution >= 4 is 11.9 Å². The van der Waals surface area contributed by atoms with E-state index in [0.717, 1.165) is 18.9 Å². The van der Waals surface area contributed by atoms with Gasteiger partial charge >= 0.3 is 5.97 Å². The zero-order valence-corrected chi connectivity index (χ0v) is 10.6. The fraction of sp³-hybridized carbons (Fsp3) is 0.667. The molecule has 5 heteroatoms. The molecule has 0 aliphatic carbocycles. The van der Waals surface area contributed by atoms with Crippen LogP contribution in [0, 0.1) is 17.9 Å². The molecule has 3 unspecified atom stereocenters. The third-order valence-electron chi connectivity index (χ3n) is 3.28. The van der Waals surface area contributed by atoms with Gasteiger partial charge in [0.1, 0.15) is 0 Å². The second kappa shape index (κ2) is 3.10. The van der Waals surface area contributed by atoms with Gasteiger partial charge < -0.3 is 9.47 Å². The number of carbonyl (C=O) groups excluding carboxylic acids is 2. The van der Waals surface area contributed by atoms with E-state index in [1.807, 2.05) is 6.92 Å². The SMILES string of the molecule is CC12CC[C-](O1)C1C(=O)OC(=O)C12.[Y]. The molecule has 1 radical (unpaired) electrons. The van der Waals surface area contributed by atoms with E-state index in [1.54, 1.807) is 0 Å². The summed E-state index contributed by atoms with van der Waals surface area (Å²) in [6, 6.07) is 0. The molecule has 0 N–H and O–H groups in total. The number of fused-ring (bicyclic) bond motifs is 5. The molecule has 3 aliphatic heterocycles. The molecular weight excluding hydrogens is 261 g/mol. The number of hydrogen-bond donors (Lipinski definition) is 0. The summed E-state index contributed by atoms with van der Waals surface area (Å²) >= 11 is 0. The largest absolute Gasteiger partial charge is 0.543 e. The van der Waals surface area contributed by atoms with Gasteiger partial charge in [-0.2, -0.15) is 12.5 Å². The van der Waals surface area contributed by atoms with Gasteiger partial charge in [0, 0.05) is 38.3 Å². The molecule has 0 aromatic carbocycles. The first-order chi connectivity index (χ1) is 6.12. The minimum absolute atomic E-state index is 0. The smallest absolute Gasteiger partial charge is 0.317 e. The Kier molecular flexibility index (Phi) is 2.37. The van der Waals surface area contributed by atoms with E-state index in [1.165, 1.54) is 0 Å². The van der Waals surface area contributed by atoms with E-state index in [-0.39, 0.29) is 38.6 Å². The van der Waals surface area contributed by atoms with Crippen molar-refractivity contribution in [1.29, 1.82) is 0 Å². The fourth-order valence-corrected chi connectivity index (χ4v) is 2.63. The van der Waals surface area contributed by atoms with E-state index in [0.29, 0.717) is 0 Å². The molecule has 73 valence electrons. The zero-order chi connectivity index (χ0) is 9.22. The molecule has 2 bridgehead atoms. The number of hydrogen-bond acceptors (Lipinski definition) is 4. The summed E-state index contributed by atoms with van der Waals surface area (Å²) in [6.45, 7) is 1.88. The summed E-state index contributed by atoms with van der Waals surface area (Å²) in [7, 11) is 0. The number of cyclic esters (lactones) is 2. The van der Waals surface area contributed by atoms with Crippen LogP contribution in [0.1, 0.15) is 19.8 Å². The van der Waals surface area contributed by atoms with Crippen LogP contribution in [0.25, 0.3) is 0 Å². The Morgan fingerprint density at radius 3 is 2.79 bits per heavy atom. The molecule has 0 aromatic rings. The van der Waals surface area contributed by atoms with Crippen molar-refractivity contribution in [3.8, 4) is 0 Å². The molecule has 4 nitrogen and oxygen atoms in total. The summed E-state index contributed by atoms with van der Waals surface area (Å²) < 4.78 is 10.2. The van der Waals surface area contributed by atoms with Crippen molar-refractivity contribution in [3.05, 3.63) is 6.10 Å². The summed E-state index contributed by atoms with van der Waals surface area (Å²) in [4.78, 5) is 22.6. The molecule has 0 amide bonds. The van der Waals surface area contributed by atoms with Crippen LogP contribution in [0.2, 0.25) is 0 Å². The Labute approximate surface area is 107 Å². The van der Waals surface area contributed by atoms with Crippen LogP contribution in [-0.4, -0.2) is 17.5 Å². The predicted molar refractivity (Wildman–Crippen MR) is 40.0 cm³/mol. The van der Waals surface area contributed by atoms with Crippen molar-refractivity contribution in [2.45, 2.75) is 25.4 Å². The quantitative estimate of drug-likeness (QED) is 0.363.